The highest BCUT2D eigenvalue weighted by atomic mass is 19.4. The molecule has 220 valence electrons. The van der Waals surface area contributed by atoms with Crippen LogP contribution in [0.5, 0.6) is 23.1 Å². The maximum absolute atomic E-state index is 12.7. The Labute approximate surface area is 239 Å². The van der Waals surface area contributed by atoms with E-state index in [1.807, 2.05) is 39.0 Å². The lowest BCUT2D eigenvalue weighted by molar-refractivity contribution is -0.274. The summed E-state index contributed by atoms with van der Waals surface area (Å²) in [6.45, 7) is 5.70. The summed E-state index contributed by atoms with van der Waals surface area (Å²) < 4.78 is 55.7. The number of hydrogen-bond donors (Lipinski definition) is 2. The Kier molecular flexibility index (Phi) is 9.04. The quantitative estimate of drug-likeness (QED) is 0.207. The molecule has 0 saturated heterocycles. The molecule has 4 rings (SSSR count). The molecular weight excluding hydrogens is 555 g/mol. The topological polar surface area (TPSA) is 112 Å². The number of carbonyl (C=O) groups excluding carboxylic acids is 1. The Bertz CT molecular complexity index is 1550. The van der Waals surface area contributed by atoms with Crippen LogP contribution >= 0.6 is 0 Å². The van der Waals surface area contributed by atoms with Gasteiger partial charge in [0.25, 0.3) is 5.91 Å². The molecule has 0 atom stereocenters. The summed E-state index contributed by atoms with van der Waals surface area (Å²) in [6.07, 6.45) is -3.45. The normalized spacial score (nSPS) is 11.3. The maximum atomic E-state index is 12.7. The third kappa shape index (κ3) is 8.03. The highest BCUT2D eigenvalue weighted by molar-refractivity contribution is 5.94. The summed E-state index contributed by atoms with van der Waals surface area (Å²) in [5, 5.41) is 15.9. The first-order chi connectivity index (χ1) is 19.9. The number of hydrogen-bond acceptors (Lipinski definition) is 6. The highest BCUT2D eigenvalue weighted by Gasteiger charge is 2.31. The van der Waals surface area contributed by atoms with Crippen molar-refractivity contribution in [1.82, 2.24) is 15.1 Å². The van der Waals surface area contributed by atoms with E-state index in [0.717, 1.165) is 5.56 Å². The molecule has 0 unspecified atom stereocenters. The summed E-state index contributed by atoms with van der Waals surface area (Å²) in [5.41, 5.74) is 2.87. The number of carboxylic acid groups (broad SMARTS) is 1. The fraction of sp³-hybridized carbons (Fsp3) is 0.233. The van der Waals surface area contributed by atoms with Crippen molar-refractivity contribution in [1.29, 1.82) is 0 Å². The van der Waals surface area contributed by atoms with Gasteiger partial charge in [-0.25, -0.2) is 4.68 Å². The number of aromatic nitrogens is 2. The third-order valence-electron chi connectivity index (χ3n) is 5.76. The molecule has 3 aromatic carbocycles. The molecule has 0 saturated carbocycles. The van der Waals surface area contributed by atoms with Crippen LogP contribution in [0.2, 0.25) is 0 Å². The van der Waals surface area contributed by atoms with E-state index in [1.165, 1.54) is 36.4 Å². The first kappa shape index (κ1) is 30.0. The molecule has 2 N–H and O–H groups in total. The molecular formula is C30H28F3N3O6. The van der Waals surface area contributed by atoms with Gasteiger partial charge in [0, 0.05) is 18.3 Å². The Hall–Kier alpha value is -5.00. The van der Waals surface area contributed by atoms with E-state index in [1.54, 1.807) is 23.0 Å². The van der Waals surface area contributed by atoms with Gasteiger partial charge in [0.15, 0.2) is 0 Å². The minimum absolute atomic E-state index is 0.0124. The Morgan fingerprint density at radius 1 is 1.00 bits per heavy atom. The number of alkyl halides is 3. The summed E-state index contributed by atoms with van der Waals surface area (Å²) in [6, 6.07) is 17.1. The minimum atomic E-state index is -4.82. The molecule has 0 radical (unpaired) electrons. The standard InChI is InChI=1S/C30H28F3N3O6/c1-18(2)40-26-13-4-19(3)16-25(26)36-17-24(20-5-11-23(12-6-20)42-30(31,32)33)29(35-36)41-22-9-7-21(8-10-22)28(39)34-15-14-27(37)38/h4-13,16-18H,14-15H2,1-3H3,(H,34,39)(H,37,38). The van der Waals surface area contributed by atoms with Gasteiger partial charge in [-0.05, 0) is 80.4 Å². The number of ether oxygens (including phenoxy) is 3. The highest BCUT2D eigenvalue weighted by Crippen LogP contribution is 2.36. The first-order valence-electron chi connectivity index (χ1n) is 12.9. The van der Waals surface area contributed by atoms with Crippen molar-refractivity contribution in [2.75, 3.05) is 6.54 Å². The molecule has 1 heterocycles. The summed E-state index contributed by atoms with van der Waals surface area (Å²) in [5.74, 6) is -0.775. The number of nitrogens with zero attached hydrogens (tertiary/aromatic N) is 2. The number of amides is 1. The van der Waals surface area contributed by atoms with Crippen molar-refractivity contribution in [3.8, 4) is 39.9 Å². The lowest BCUT2D eigenvalue weighted by Crippen LogP contribution is -2.25. The number of nitrogens with one attached hydrogen (secondary N) is 1. The second-order valence-corrected chi connectivity index (χ2v) is 9.53. The molecule has 0 aliphatic carbocycles. The van der Waals surface area contributed by atoms with Crippen molar-refractivity contribution in [3.63, 3.8) is 0 Å². The summed E-state index contributed by atoms with van der Waals surface area (Å²) in [7, 11) is 0. The van der Waals surface area contributed by atoms with Crippen molar-refractivity contribution >= 4 is 11.9 Å². The summed E-state index contributed by atoms with van der Waals surface area (Å²) in [4.78, 5) is 23.0. The van der Waals surface area contributed by atoms with Crippen LogP contribution in [-0.2, 0) is 4.79 Å². The van der Waals surface area contributed by atoms with Crippen molar-refractivity contribution < 1.29 is 42.1 Å². The van der Waals surface area contributed by atoms with E-state index in [4.69, 9.17) is 14.6 Å². The molecule has 4 aromatic rings. The number of benzene rings is 3. The zero-order valence-electron chi connectivity index (χ0n) is 22.9. The predicted molar refractivity (Wildman–Crippen MR) is 147 cm³/mol. The van der Waals surface area contributed by atoms with Crippen molar-refractivity contribution in [2.45, 2.75) is 39.7 Å². The largest absolute Gasteiger partial charge is 0.573 e. The van der Waals surface area contributed by atoms with Crippen LogP contribution in [0.3, 0.4) is 0 Å². The van der Waals surface area contributed by atoms with Gasteiger partial charge in [-0.2, -0.15) is 0 Å². The molecule has 1 amide bonds. The smallest absolute Gasteiger partial charge is 0.489 e. The average molecular weight is 584 g/mol. The minimum Gasteiger partial charge on any atom is -0.489 e. The van der Waals surface area contributed by atoms with Gasteiger partial charge >= 0.3 is 12.3 Å². The zero-order valence-corrected chi connectivity index (χ0v) is 22.9. The molecule has 0 fully saturated rings. The van der Waals surface area contributed by atoms with E-state index in [9.17, 15) is 22.8 Å². The zero-order chi connectivity index (χ0) is 30.4. The average Bonchev–Trinajstić information content (AvgIpc) is 3.32. The van der Waals surface area contributed by atoms with Crippen LogP contribution in [0.15, 0.2) is 72.9 Å². The van der Waals surface area contributed by atoms with E-state index in [-0.39, 0.29) is 30.7 Å². The van der Waals surface area contributed by atoms with Crippen molar-refractivity contribution in [3.05, 3.63) is 84.1 Å². The Morgan fingerprint density at radius 3 is 2.29 bits per heavy atom. The van der Waals surface area contributed by atoms with Crippen molar-refractivity contribution in [2.24, 2.45) is 0 Å². The Balaban J connectivity index is 1.68. The molecule has 1 aromatic heterocycles. The van der Waals surface area contributed by atoms with Crippen LogP contribution in [0.4, 0.5) is 13.2 Å². The molecule has 0 aliphatic rings. The van der Waals surface area contributed by atoms with E-state index in [2.05, 4.69) is 15.2 Å². The Morgan fingerprint density at radius 2 is 1.67 bits per heavy atom. The van der Waals surface area contributed by atoms with Gasteiger partial charge in [0.05, 0.1) is 18.1 Å². The fourth-order valence-corrected chi connectivity index (χ4v) is 3.92. The molecule has 0 bridgehead atoms. The molecule has 9 nitrogen and oxygen atoms in total. The van der Waals surface area contributed by atoms with Gasteiger partial charge in [0.1, 0.15) is 22.9 Å². The number of rotatable bonds is 11. The number of halogens is 3. The first-order valence-corrected chi connectivity index (χ1v) is 12.9. The van der Waals surface area contributed by atoms with Crippen LogP contribution in [0.1, 0.15) is 36.2 Å². The van der Waals surface area contributed by atoms with Gasteiger partial charge in [0.2, 0.25) is 5.88 Å². The SMILES string of the molecule is Cc1ccc(OC(C)C)c(-n2cc(-c3ccc(OC(F)(F)F)cc3)c(Oc3ccc(C(=O)NCCC(=O)O)cc3)n2)c1. The monoisotopic (exact) mass is 583 g/mol. The van der Waals surface area contributed by atoms with E-state index >= 15 is 0 Å². The molecule has 0 aliphatic heterocycles. The van der Waals surface area contributed by atoms with Crippen LogP contribution in [0, 0.1) is 6.92 Å². The lowest BCUT2D eigenvalue weighted by atomic mass is 10.1. The number of aryl methyl sites for hydroxylation is 1. The van der Waals surface area contributed by atoms with Crippen LogP contribution in [0.25, 0.3) is 16.8 Å². The van der Waals surface area contributed by atoms with Gasteiger partial charge in [-0.15, -0.1) is 18.3 Å². The number of carboxylic acids is 1. The second kappa shape index (κ2) is 12.7. The summed E-state index contributed by atoms with van der Waals surface area (Å²) >= 11 is 0. The van der Waals surface area contributed by atoms with Gasteiger partial charge in [-0.3, -0.25) is 9.59 Å². The van der Waals surface area contributed by atoms with Gasteiger partial charge in [-0.1, -0.05) is 18.2 Å². The molecule has 0 spiro atoms. The third-order valence-corrected chi connectivity index (χ3v) is 5.76. The van der Waals surface area contributed by atoms with E-state index in [0.29, 0.717) is 33.9 Å². The molecule has 12 heteroatoms. The fourth-order valence-electron chi connectivity index (χ4n) is 3.92. The number of carbonyl (C=O) groups is 2. The lowest BCUT2D eigenvalue weighted by Gasteiger charge is -2.14. The maximum Gasteiger partial charge on any atom is 0.573 e. The van der Waals surface area contributed by atoms with Crippen LogP contribution < -0.4 is 19.5 Å². The van der Waals surface area contributed by atoms with Crippen LogP contribution in [-0.4, -0.2) is 45.8 Å². The molecule has 42 heavy (non-hydrogen) atoms. The number of aliphatic carboxylic acids is 1. The second-order valence-electron chi connectivity index (χ2n) is 9.53. The predicted octanol–water partition coefficient (Wildman–Crippen LogP) is 6.53. The van der Waals surface area contributed by atoms with E-state index < -0.39 is 18.2 Å². The van der Waals surface area contributed by atoms with Gasteiger partial charge < -0.3 is 24.6 Å².